The smallest absolute Gasteiger partial charge is 0.325 e. The molecule has 0 saturated heterocycles. The summed E-state index contributed by atoms with van der Waals surface area (Å²) in [7, 11) is 1.82. The van der Waals surface area contributed by atoms with Crippen LogP contribution in [0.3, 0.4) is 0 Å². The van der Waals surface area contributed by atoms with E-state index in [-0.39, 0.29) is 10.7 Å². The Labute approximate surface area is 157 Å². The summed E-state index contributed by atoms with van der Waals surface area (Å²) < 4.78 is 41.2. The van der Waals surface area contributed by atoms with Crippen molar-refractivity contribution in [1.29, 1.82) is 0 Å². The van der Waals surface area contributed by atoms with E-state index in [0.717, 1.165) is 42.6 Å². The van der Waals surface area contributed by atoms with Gasteiger partial charge in [0.15, 0.2) is 5.16 Å². The van der Waals surface area contributed by atoms with Crippen molar-refractivity contribution >= 4 is 35.0 Å². The van der Waals surface area contributed by atoms with Crippen molar-refractivity contribution in [3.63, 3.8) is 0 Å². The number of amides is 1. The molecule has 1 aliphatic carbocycles. The van der Waals surface area contributed by atoms with Crippen molar-refractivity contribution in [2.24, 2.45) is 7.05 Å². The molecule has 0 spiro atoms. The molecule has 1 atom stereocenters. The highest BCUT2D eigenvalue weighted by molar-refractivity contribution is 8.00. The van der Waals surface area contributed by atoms with Crippen molar-refractivity contribution in [3.8, 4) is 0 Å². The van der Waals surface area contributed by atoms with Gasteiger partial charge in [-0.25, -0.2) is 0 Å². The molecule has 26 heavy (non-hydrogen) atoms. The van der Waals surface area contributed by atoms with Crippen LogP contribution in [0.1, 0.15) is 37.1 Å². The van der Waals surface area contributed by atoms with Crippen LogP contribution in [0.5, 0.6) is 0 Å². The van der Waals surface area contributed by atoms with Crippen LogP contribution >= 0.6 is 23.4 Å². The Bertz CT molecular complexity index is 835. The average molecular weight is 405 g/mol. The van der Waals surface area contributed by atoms with Crippen LogP contribution in [0.4, 0.5) is 18.9 Å². The molecule has 1 saturated carbocycles. The second-order valence-electron chi connectivity index (χ2n) is 6.11. The standard InChI is InChI=1S/C16H16ClF3N4OS/c1-8(26-15-23-22-13(24(15)2)9-3-4-9)14(25)21-12-6-5-10(17)7-11(12)16(18,19)20/h5-9H,3-4H2,1-2H3,(H,21,25)/t8-/m0/s1. The van der Waals surface area contributed by atoms with Crippen LogP contribution < -0.4 is 5.32 Å². The number of rotatable bonds is 5. The number of hydrogen-bond donors (Lipinski definition) is 1. The van der Waals surface area contributed by atoms with Crippen molar-refractivity contribution in [1.82, 2.24) is 14.8 Å². The molecule has 0 unspecified atom stereocenters. The molecule has 1 aromatic carbocycles. The molecule has 1 aromatic heterocycles. The van der Waals surface area contributed by atoms with Gasteiger partial charge in [0.05, 0.1) is 16.5 Å². The summed E-state index contributed by atoms with van der Waals surface area (Å²) in [5.41, 5.74) is -1.30. The van der Waals surface area contributed by atoms with Crippen molar-refractivity contribution in [2.45, 2.75) is 42.3 Å². The quantitative estimate of drug-likeness (QED) is 0.746. The van der Waals surface area contributed by atoms with Gasteiger partial charge in [-0.1, -0.05) is 23.4 Å². The van der Waals surface area contributed by atoms with Gasteiger partial charge in [-0.3, -0.25) is 4.79 Å². The second-order valence-corrected chi connectivity index (χ2v) is 7.86. The van der Waals surface area contributed by atoms with Crippen LogP contribution in [0.2, 0.25) is 5.02 Å². The number of alkyl halides is 3. The summed E-state index contributed by atoms with van der Waals surface area (Å²) in [4.78, 5) is 12.4. The summed E-state index contributed by atoms with van der Waals surface area (Å²) >= 11 is 6.79. The van der Waals surface area contributed by atoms with E-state index in [4.69, 9.17) is 11.6 Å². The van der Waals surface area contributed by atoms with E-state index in [2.05, 4.69) is 15.5 Å². The Morgan fingerprint density at radius 1 is 1.38 bits per heavy atom. The topological polar surface area (TPSA) is 59.8 Å². The van der Waals surface area contributed by atoms with Crippen LogP contribution in [-0.2, 0) is 18.0 Å². The van der Waals surface area contributed by atoms with Gasteiger partial charge in [0.1, 0.15) is 5.82 Å². The lowest BCUT2D eigenvalue weighted by Crippen LogP contribution is -2.24. The molecule has 1 amide bonds. The predicted molar refractivity (Wildman–Crippen MR) is 93.4 cm³/mol. The number of carbonyl (C=O) groups excluding carboxylic acids is 1. The Morgan fingerprint density at radius 3 is 2.69 bits per heavy atom. The summed E-state index contributed by atoms with van der Waals surface area (Å²) in [5.74, 6) is 0.727. The highest BCUT2D eigenvalue weighted by atomic mass is 35.5. The zero-order valence-electron chi connectivity index (χ0n) is 14.0. The SMILES string of the molecule is C[C@H](Sc1nnc(C2CC2)n1C)C(=O)Nc1ccc(Cl)cc1C(F)(F)F. The molecule has 2 aromatic rings. The number of aromatic nitrogens is 3. The predicted octanol–water partition coefficient (Wildman–Crippen LogP) is 4.48. The van der Waals surface area contributed by atoms with E-state index in [1.165, 1.54) is 6.07 Å². The molecule has 0 bridgehead atoms. The molecular weight excluding hydrogens is 389 g/mol. The monoisotopic (exact) mass is 404 g/mol. The average Bonchev–Trinajstić information content (AvgIpc) is 3.33. The maximum absolute atomic E-state index is 13.1. The third kappa shape index (κ3) is 4.15. The third-order valence-corrected chi connectivity index (χ3v) is 5.38. The second kappa shape index (κ2) is 7.11. The lowest BCUT2D eigenvalue weighted by atomic mass is 10.1. The van der Waals surface area contributed by atoms with E-state index in [1.807, 2.05) is 11.6 Å². The highest BCUT2D eigenvalue weighted by Crippen LogP contribution is 2.40. The zero-order chi connectivity index (χ0) is 19.1. The van der Waals surface area contributed by atoms with Crippen LogP contribution in [0, 0.1) is 0 Å². The van der Waals surface area contributed by atoms with Gasteiger partial charge in [0.2, 0.25) is 5.91 Å². The minimum atomic E-state index is -4.62. The fourth-order valence-corrected chi connectivity index (χ4v) is 3.43. The van der Waals surface area contributed by atoms with Gasteiger partial charge in [0.25, 0.3) is 0 Å². The van der Waals surface area contributed by atoms with Crippen molar-refractivity contribution in [2.75, 3.05) is 5.32 Å². The molecule has 1 N–H and O–H groups in total. The molecule has 1 fully saturated rings. The molecular formula is C16H16ClF3N4OS. The first-order chi connectivity index (χ1) is 12.2. The third-order valence-electron chi connectivity index (χ3n) is 4.01. The summed E-state index contributed by atoms with van der Waals surface area (Å²) in [5, 5.41) is 10.4. The van der Waals surface area contributed by atoms with E-state index >= 15 is 0 Å². The first-order valence-corrected chi connectivity index (χ1v) is 9.16. The number of benzene rings is 1. The molecule has 0 radical (unpaired) electrons. The van der Waals surface area contributed by atoms with E-state index in [0.29, 0.717) is 11.1 Å². The lowest BCUT2D eigenvalue weighted by molar-refractivity contribution is -0.137. The molecule has 5 nitrogen and oxygen atoms in total. The molecule has 10 heteroatoms. The highest BCUT2D eigenvalue weighted by Gasteiger charge is 2.35. The van der Waals surface area contributed by atoms with E-state index in [9.17, 15) is 18.0 Å². The molecule has 3 rings (SSSR count). The molecule has 1 aliphatic rings. The number of hydrogen-bond acceptors (Lipinski definition) is 4. The molecule has 1 heterocycles. The first kappa shape index (κ1) is 19.0. The Hall–Kier alpha value is -1.74. The molecule has 0 aliphatic heterocycles. The number of nitrogens with one attached hydrogen (secondary N) is 1. The minimum absolute atomic E-state index is 0.0514. The minimum Gasteiger partial charge on any atom is -0.325 e. The van der Waals surface area contributed by atoms with Gasteiger partial charge in [-0.2, -0.15) is 13.2 Å². The van der Waals surface area contributed by atoms with Gasteiger partial charge in [0, 0.05) is 18.0 Å². The van der Waals surface area contributed by atoms with Crippen LogP contribution in [0.15, 0.2) is 23.4 Å². The zero-order valence-corrected chi connectivity index (χ0v) is 15.5. The lowest BCUT2D eigenvalue weighted by Gasteiger charge is -2.16. The summed E-state index contributed by atoms with van der Waals surface area (Å²) in [6.45, 7) is 1.61. The van der Waals surface area contributed by atoms with E-state index in [1.54, 1.807) is 6.92 Å². The van der Waals surface area contributed by atoms with Gasteiger partial charge in [-0.15, -0.1) is 10.2 Å². The van der Waals surface area contributed by atoms with Crippen LogP contribution in [0.25, 0.3) is 0 Å². The number of nitrogens with zero attached hydrogens (tertiary/aromatic N) is 3. The number of carbonyl (C=O) groups is 1. The van der Waals surface area contributed by atoms with Crippen molar-refractivity contribution < 1.29 is 18.0 Å². The van der Waals surface area contributed by atoms with Gasteiger partial charge >= 0.3 is 6.18 Å². The largest absolute Gasteiger partial charge is 0.418 e. The Kier molecular flexibility index (Phi) is 5.21. The maximum Gasteiger partial charge on any atom is 0.418 e. The normalized spacial score (nSPS) is 15.8. The number of anilines is 1. The summed E-state index contributed by atoms with van der Waals surface area (Å²) in [6.07, 6.45) is -2.47. The van der Waals surface area contributed by atoms with Gasteiger partial charge < -0.3 is 9.88 Å². The first-order valence-electron chi connectivity index (χ1n) is 7.90. The Balaban J connectivity index is 1.72. The van der Waals surface area contributed by atoms with E-state index < -0.39 is 22.9 Å². The summed E-state index contributed by atoms with van der Waals surface area (Å²) in [6, 6.07) is 3.24. The molecule has 140 valence electrons. The van der Waals surface area contributed by atoms with Crippen molar-refractivity contribution in [3.05, 3.63) is 34.6 Å². The number of halogens is 4. The number of thioether (sulfide) groups is 1. The fraction of sp³-hybridized carbons (Fsp3) is 0.438. The van der Waals surface area contributed by atoms with Gasteiger partial charge in [-0.05, 0) is 38.0 Å². The van der Waals surface area contributed by atoms with Crippen LogP contribution in [-0.4, -0.2) is 25.9 Å². The fourth-order valence-electron chi connectivity index (χ4n) is 2.43. The Morgan fingerprint density at radius 2 is 2.08 bits per heavy atom. The maximum atomic E-state index is 13.1.